The lowest BCUT2D eigenvalue weighted by Crippen LogP contribution is -2.31. The van der Waals surface area contributed by atoms with Gasteiger partial charge in [0.25, 0.3) is 0 Å². The Balaban J connectivity index is 2.26. The number of benzene rings is 1. The van der Waals surface area contributed by atoms with Crippen molar-refractivity contribution in [1.29, 1.82) is 0 Å². The van der Waals surface area contributed by atoms with Gasteiger partial charge in [0, 0.05) is 17.6 Å². The van der Waals surface area contributed by atoms with Crippen molar-refractivity contribution in [3.63, 3.8) is 0 Å². The molecule has 2 amide bonds. The molecular weight excluding hydrogens is 324 g/mol. The molecule has 6 heteroatoms. The lowest BCUT2D eigenvalue weighted by molar-refractivity contribution is 0.0703. The zero-order valence-electron chi connectivity index (χ0n) is 14.5. The Hall–Kier alpha value is -2.34. The molecule has 24 heavy (non-hydrogen) atoms. The van der Waals surface area contributed by atoms with E-state index < -0.39 is 5.97 Å². The third kappa shape index (κ3) is 3.94. The maximum absolute atomic E-state index is 12.5. The third-order valence-corrected chi connectivity index (χ3v) is 5.18. The molecule has 0 aliphatic carbocycles. The molecule has 0 fully saturated rings. The van der Waals surface area contributed by atoms with Gasteiger partial charge >= 0.3 is 12.0 Å². The van der Waals surface area contributed by atoms with Crippen molar-refractivity contribution in [2.24, 2.45) is 0 Å². The first-order chi connectivity index (χ1) is 11.1. The summed E-state index contributed by atoms with van der Waals surface area (Å²) in [6.45, 7) is 8.00. The monoisotopic (exact) mass is 346 g/mol. The summed E-state index contributed by atoms with van der Waals surface area (Å²) in [7, 11) is 1.65. The number of aromatic carboxylic acids is 1. The summed E-state index contributed by atoms with van der Waals surface area (Å²) in [6.07, 6.45) is 0. The van der Waals surface area contributed by atoms with Crippen LogP contribution in [-0.2, 0) is 5.41 Å². The Morgan fingerprint density at radius 2 is 1.75 bits per heavy atom. The lowest BCUT2D eigenvalue weighted by Gasteiger charge is -2.18. The zero-order valence-corrected chi connectivity index (χ0v) is 15.3. The van der Waals surface area contributed by atoms with Crippen molar-refractivity contribution >= 4 is 34.7 Å². The third-order valence-electron chi connectivity index (χ3n) is 3.63. The van der Waals surface area contributed by atoms with Crippen LogP contribution in [0.5, 0.6) is 0 Å². The van der Waals surface area contributed by atoms with Gasteiger partial charge in [0.2, 0.25) is 0 Å². The molecule has 0 saturated heterocycles. The normalized spacial score (nSPS) is 11.2. The van der Waals surface area contributed by atoms with Crippen LogP contribution in [0.3, 0.4) is 0 Å². The second-order valence-electron chi connectivity index (χ2n) is 6.73. The topological polar surface area (TPSA) is 69.6 Å². The molecule has 0 radical (unpaired) electrons. The Morgan fingerprint density at radius 3 is 2.25 bits per heavy atom. The maximum atomic E-state index is 12.5. The molecule has 2 N–H and O–H groups in total. The number of nitrogens with one attached hydrogen (secondary N) is 1. The van der Waals surface area contributed by atoms with Crippen molar-refractivity contribution in [2.45, 2.75) is 33.1 Å². The molecule has 1 heterocycles. The number of thiophene rings is 1. The second-order valence-corrected chi connectivity index (χ2v) is 7.79. The van der Waals surface area contributed by atoms with Gasteiger partial charge in [0.15, 0.2) is 0 Å². The molecule has 0 atom stereocenters. The number of amides is 2. The Kier molecular flexibility index (Phi) is 4.99. The highest BCUT2D eigenvalue weighted by Crippen LogP contribution is 2.35. The largest absolute Gasteiger partial charge is 0.477 e. The first-order valence-corrected chi connectivity index (χ1v) is 8.40. The number of hydrogen-bond acceptors (Lipinski definition) is 3. The van der Waals surface area contributed by atoms with Crippen molar-refractivity contribution in [2.75, 3.05) is 17.3 Å². The van der Waals surface area contributed by atoms with Gasteiger partial charge in [0.05, 0.1) is 5.69 Å². The molecule has 1 aromatic heterocycles. The summed E-state index contributed by atoms with van der Waals surface area (Å²) in [4.78, 5) is 26.4. The number of hydrogen-bond donors (Lipinski definition) is 2. The van der Waals surface area contributed by atoms with E-state index in [0.717, 1.165) is 16.1 Å². The van der Waals surface area contributed by atoms with Crippen molar-refractivity contribution in [3.05, 3.63) is 45.6 Å². The van der Waals surface area contributed by atoms with E-state index in [1.165, 1.54) is 16.2 Å². The summed E-state index contributed by atoms with van der Waals surface area (Å²) in [5.41, 5.74) is 2.00. The summed E-state index contributed by atoms with van der Waals surface area (Å²) < 4.78 is 0. The SMILES string of the molecule is Cc1ccc(N(C)C(=O)Nc2cc(C(C)(C)C)sc2C(=O)O)cc1. The van der Waals surface area contributed by atoms with E-state index in [4.69, 9.17) is 0 Å². The van der Waals surface area contributed by atoms with Crippen LogP contribution in [0.1, 0.15) is 40.9 Å². The molecular formula is C18H22N2O3S. The van der Waals surface area contributed by atoms with Gasteiger partial charge in [0.1, 0.15) is 4.88 Å². The standard InChI is InChI=1S/C18H22N2O3S/c1-11-6-8-12(9-7-11)20(5)17(23)19-13-10-14(18(2,3)4)24-15(13)16(21)22/h6-10H,1-5H3,(H,19,23)(H,21,22). The van der Waals surface area contributed by atoms with Crippen molar-refractivity contribution in [3.8, 4) is 0 Å². The van der Waals surface area contributed by atoms with Crippen LogP contribution >= 0.6 is 11.3 Å². The van der Waals surface area contributed by atoms with E-state index in [2.05, 4.69) is 5.32 Å². The van der Waals surface area contributed by atoms with Gasteiger partial charge < -0.3 is 10.4 Å². The smallest absolute Gasteiger partial charge is 0.348 e. The highest BCUT2D eigenvalue weighted by molar-refractivity contribution is 7.14. The van der Waals surface area contributed by atoms with E-state index in [9.17, 15) is 14.7 Å². The number of carboxylic acids is 1. The predicted molar refractivity (Wildman–Crippen MR) is 98.6 cm³/mol. The number of carbonyl (C=O) groups is 2. The van der Waals surface area contributed by atoms with Crippen LogP contribution in [0, 0.1) is 6.92 Å². The van der Waals surface area contributed by atoms with Crippen molar-refractivity contribution < 1.29 is 14.7 Å². The highest BCUT2D eigenvalue weighted by atomic mass is 32.1. The highest BCUT2D eigenvalue weighted by Gasteiger charge is 2.24. The molecule has 0 saturated carbocycles. The van der Waals surface area contributed by atoms with Crippen LogP contribution in [-0.4, -0.2) is 24.2 Å². The minimum Gasteiger partial charge on any atom is -0.477 e. The van der Waals surface area contributed by atoms with Gasteiger partial charge in [-0.25, -0.2) is 9.59 Å². The molecule has 2 rings (SSSR count). The Labute approximate surface area is 145 Å². The van der Waals surface area contributed by atoms with Crippen LogP contribution in [0.25, 0.3) is 0 Å². The molecule has 0 aliphatic rings. The number of urea groups is 1. The fraction of sp³-hybridized carbons (Fsp3) is 0.333. The first-order valence-electron chi connectivity index (χ1n) is 7.58. The molecule has 0 unspecified atom stereocenters. The van der Waals surface area contributed by atoms with Crippen molar-refractivity contribution in [1.82, 2.24) is 0 Å². The number of anilines is 2. The number of carboxylic acid groups (broad SMARTS) is 1. The fourth-order valence-corrected chi connectivity index (χ4v) is 3.11. The molecule has 1 aromatic carbocycles. The van der Waals surface area contributed by atoms with Gasteiger partial charge in [-0.1, -0.05) is 38.5 Å². The van der Waals surface area contributed by atoms with Crippen LogP contribution < -0.4 is 10.2 Å². The van der Waals surface area contributed by atoms with Gasteiger partial charge in [-0.2, -0.15) is 0 Å². The van der Waals surface area contributed by atoms with E-state index in [1.807, 2.05) is 52.0 Å². The molecule has 2 aromatic rings. The van der Waals surface area contributed by atoms with Crippen LogP contribution in [0.2, 0.25) is 0 Å². The quantitative estimate of drug-likeness (QED) is 0.845. The van der Waals surface area contributed by atoms with E-state index in [0.29, 0.717) is 5.69 Å². The zero-order chi connectivity index (χ0) is 18.1. The average Bonchev–Trinajstić information content (AvgIpc) is 2.91. The maximum Gasteiger partial charge on any atom is 0.348 e. The minimum atomic E-state index is -1.04. The number of nitrogens with zero attached hydrogens (tertiary/aromatic N) is 1. The van der Waals surface area contributed by atoms with E-state index in [1.54, 1.807) is 13.1 Å². The number of aryl methyl sites for hydroxylation is 1. The van der Waals surface area contributed by atoms with Gasteiger partial charge in [-0.05, 0) is 30.5 Å². The summed E-state index contributed by atoms with van der Waals surface area (Å²) >= 11 is 1.19. The average molecular weight is 346 g/mol. The second kappa shape index (κ2) is 6.65. The van der Waals surface area contributed by atoms with Crippen LogP contribution in [0.4, 0.5) is 16.2 Å². The molecule has 0 bridgehead atoms. The molecule has 5 nitrogen and oxygen atoms in total. The summed E-state index contributed by atoms with van der Waals surface area (Å²) in [5.74, 6) is -1.04. The predicted octanol–water partition coefficient (Wildman–Crippen LogP) is 4.72. The molecule has 0 spiro atoms. The molecule has 128 valence electrons. The fourth-order valence-electron chi connectivity index (χ4n) is 2.10. The number of carbonyl (C=O) groups excluding carboxylic acids is 1. The van der Waals surface area contributed by atoms with E-state index >= 15 is 0 Å². The number of rotatable bonds is 3. The molecule has 0 aliphatic heterocycles. The minimum absolute atomic E-state index is 0.144. The van der Waals surface area contributed by atoms with Gasteiger partial charge in [-0.15, -0.1) is 11.3 Å². The lowest BCUT2D eigenvalue weighted by atomic mass is 9.94. The summed E-state index contributed by atoms with van der Waals surface area (Å²) in [5, 5.41) is 12.1. The van der Waals surface area contributed by atoms with Gasteiger partial charge in [-0.3, -0.25) is 4.90 Å². The summed E-state index contributed by atoms with van der Waals surface area (Å²) in [6, 6.07) is 8.91. The van der Waals surface area contributed by atoms with Crippen LogP contribution in [0.15, 0.2) is 30.3 Å². The Bertz CT molecular complexity index is 758. The first kappa shape index (κ1) is 18.0. The van der Waals surface area contributed by atoms with E-state index in [-0.39, 0.29) is 16.3 Å². The Morgan fingerprint density at radius 1 is 1.17 bits per heavy atom.